The molecule has 0 saturated heterocycles. The molecule has 1 atom stereocenters. The summed E-state index contributed by atoms with van der Waals surface area (Å²) in [5, 5.41) is 3.09. The number of amides is 2. The Morgan fingerprint density at radius 3 is 2.38 bits per heavy atom. The van der Waals surface area contributed by atoms with Crippen molar-refractivity contribution in [1.82, 2.24) is 9.47 Å². The van der Waals surface area contributed by atoms with Gasteiger partial charge in [-0.15, -0.1) is 0 Å². The van der Waals surface area contributed by atoms with Gasteiger partial charge in [-0.1, -0.05) is 30.3 Å². The highest BCUT2D eigenvalue weighted by molar-refractivity contribution is 5.90. The molecule has 172 valence electrons. The van der Waals surface area contributed by atoms with Gasteiger partial charge in [-0.2, -0.15) is 0 Å². The molecule has 1 aromatic heterocycles. The van der Waals surface area contributed by atoms with Crippen molar-refractivity contribution in [3.05, 3.63) is 108 Å². The van der Waals surface area contributed by atoms with Crippen LogP contribution in [0.4, 0.5) is 16.2 Å². The van der Waals surface area contributed by atoms with Gasteiger partial charge in [0.1, 0.15) is 5.75 Å². The number of carbonyl (C=O) groups is 1. The zero-order valence-corrected chi connectivity index (χ0v) is 19.6. The summed E-state index contributed by atoms with van der Waals surface area (Å²) in [5.74, 6) is 0.749. The molecule has 1 aliphatic rings. The third-order valence-corrected chi connectivity index (χ3v) is 6.29. The zero-order valence-electron chi connectivity index (χ0n) is 19.6. The summed E-state index contributed by atoms with van der Waals surface area (Å²) in [6.45, 7) is 0.486. The number of hydrogen-bond acceptors (Lipinski definition) is 3. The maximum Gasteiger partial charge on any atom is 0.322 e. The molecule has 0 spiro atoms. The van der Waals surface area contributed by atoms with Crippen LogP contribution in [0.3, 0.4) is 0 Å². The summed E-state index contributed by atoms with van der Waals surface area (Å²) in [5.41, 5.74) is 6.13. The van der Waals surface area contributed by atoms with Gasteiger partial charge in [0.25, 0.3) is 0 Å². The van der Waals surface area contributed by atoms with E-state index in [2.05, 4.69) is 63.4 Å². The number of aromatic nitrogens is 1. The summed E-state index contributed by atoms with van der Waals surface area (Å²) >= 11 is 0. The van der Waals surface area contributed by atoms with Crippen molar-refractivity contribution in [2.24, 2.45) is 0 Å². The van der Waals surface area contributed by atoms with Crippen LogP contribution < -0.4 is 15.0 Å². The van der Waals surface area contributed by atoms with Crippen molar-refractivity contribution in [3.63, 3.8) is 0 Å². The van der Waals surface area contributed by atoms with Crippen LogP contribution >= 0.6 is 0 Å². The molecule has 1 N–H and O–H groups in total. The molecule has 6 heteroatoms. The third-order valence-electron chi connectivity index (χ3n) is 6.29. The van der Waals surface area contributed by atoms with Gasteiger partial charge in [0.15, 0.2) is 0 Å². The molecule has 6 nitrogen and oxygen atoms in total. The summed E-state index contributed by atoms with van der Waals surface area (Å²) in [6.07, 6.45) is 2.07. The molecule has 0 radical (unpaired) electrons. The number of rotatable bonds is 4. The van der Waals surface area contributed by atoms with Crippen molar-refractivity contribution in [3.8, 4) is 11.4 Å². The number of nitrogens with zero attached hydrogens (tertiary/aromatic N) is 3. The van der Waals surface area contributed by atoms with Gasteiger partial charge < -0.3 is 24.4 Å². The van der Waals surface area contributed by atoms with Crippen molar-refractivity contribution in [1.29, 1.82) is 0 Å². The quantitative estimate of drug-likeness (QED) is 0.433. The number of nitrogens with one attached hydrogen (secondary N) is 1. The fourth-order valence-corrected chi connectivity index (χ4v) is 4.51. The van der Waals surface area contributed by atoms with Gasteiger partial charge in [-0.25, -0.2) is 4.79 Å². The Morgan fingerprint density at radius 1 is 0.941 bits per heavy atom. The number of benzene rings is 3. The van der Waals surface area contributed by atoms with Crippen molar-refractivity contribution >= 4 is 17.4 Å². The largest absolute Gasteiger partial charge is 0.497 e. The number of ether oxygens (including phenoxy) is 1. The van der Waals surface area contributed by atoms with E-state index in [4.69, 9.17) is 4.74 Å². The topological polar surface area (TPSA) is 49.7 Å². The average molecular weight is 453 g/mol. The lowest BCUT2D eigenvalue weighted by atomic mass is 10.0. The molecule has 0 saturated carbocycles. The van der Waals surface area contributed by atoms with Crippen LogP contribution in [-0.4, -0.2) is 36.7 Å². The highest BCUT2D eigenvalue weighted by Crippen LogP contribution is 2.37. The second-order valence-electron chi connectivity index (χ2n) is 8.61. The smallest absolute Gasteiger partial charge is 0.322 e. The van der Waals surface area contributed by atoms with Gasteiger partial charge in [-0.3, -0.25) is 0 Å². The molecule has 2 heterocycles. The van der Waals surface area contributed by atoms with Crippen molar-refractivity contribution in [2.45, 2.75) is 12.6 Å². The number of methoxy groups -OCH3 is 1. The van der Waals surface area contributed by atoms with Gasteiger partial charge in [-0.05, 0) is 65.7 Å². The van der Waals surface area contributed by atoms with Gasteiger partial charge in [0, 0.05) is 37.4 Å². The number of fused-ring (bicyclic) bond motifs is 3. The van der Waals surface area contributed by atoms with Gasteiger partial charge in [0.05, 0.1) is 25.4 Å². The Labute approximate surface area is 200 Å². The monoisotopic (exact) mass is 452 g/mol. The first kappa shape index (κ1) is 21.6. The van der Waals surface area contributed by atoms with Crippen LogP contribution in [-0.2, 0) is 6.54 Å². The fourth-order valence-electron chi connectivity index (χ4n) is 4.51. The SMILES string of the molecule is COc1ccc(NC(=O)N2Cc3ccccc3-n3cccc3[C@@H]2c2ccc(N(C)C)cc2)cc1. The molecule has 34 heavy (non-hydrogen) atoms. The molecule has 4 aromatic rings. The van der Waals surface area contributed by atoms with E-state index in [-0.39, 0.29) is 12.1 Å². The van der Waals surface area contributed by atoms with Crippen molar-refractivity contribution < 1.29 is 9.53 Å². The third kappa shape index (κ3) is 3.99. The van der Waals surface area contributed by atoms with E-state index in [0.717, 1.165) is 39.6 Å². The lowest BCUT2D eigenvalue weighted by Gasteiger charge is -2.31. The molecular weight excluding hydrogens is 424 g/mol. The molecule has 0 bridgehead atoms. The maximum absolute atomic E-state index is 13.7. The minimum absolute atomic E-state index is 0.156. The van der Waals surface area contributed by atoms with Crippen molar-refractivity contribution in [2.75, 3.05) is 31.4 Å². The molecular formula is C28H28N4O2. The summed E-state index contributed by atoms with van der Waals surface area (Å²) < 4.78 is 7.44. The molecule has 1 aliphatic heterocycles. The Kier molecular flexibility index (Phi) is 5.72. The van der Waals surface area contributed by atoms with E-state index in [9.17, 15) is 4.79 Å². The molecule has 3 aromatic carbocycles. The number of para-hydroxylation sites is 1. The van der Waals surface area contributed by atoms with E-state index in [0.29, 0.717) is 6.54 Å². The minimum atomic E-state index is -0.253. The second kappa shape index (κ2) is 8.98. The number of anilines is 2. The van der Waals surface area contributed by atoms with E-state index >= 15 is 0 Å². The lowest BCUT2D eigenvalue weighted by Crippen LogP contribution is -2.37. The lowest BCUT2D eigenvalue weighted by molar-refractivity contribution is 0.194. The minimum Gasteiger partial charge on any atom is -0.497 e. The fraction of sp³-hybridized carbons (Fsp3) is 0.179. The zero-order chi connectivity index (χ0) is 23.7. The first-order valence-electron chi connectivity index (χ1n) is 11.3. The van der Waals surface area contributed by atoms with Crippen LogP contribution in [0, 0.1) is 0 Å². The molecule has 0 aliphatic carbocycles. The van der Waals surface area contributed by atoms with Crippen LogP contribution in [0.1, 0.15) is 22.9 Å². The number of carbonyl (C=O) groups excluding carboxylic acids is 1. The van der Waals surface area contributed by atoms with Gasteiger partial charge >= 0.3 is 6.03 Å². The normalized spacial score (nSPS) is 14.6. The molecule has 0 fully saturated rings. The standard InChI is InChI=1S/C28H28N4O2/c1-30(2)23-14-10-20(11-15-23)27-26-9-6-18-31(26)25-8-5-4-7-21(25)19-32(27)28(33)29-22-12-16-24(34-3)17-13-22/h4-18,27H,19H2,1-3H3,(H,29,33)/t27-/m0/s1. The predicted octanol–water partition coefficient (Wildman–Crippen LogP) is 5.69. The Balaban J connectivity index is 1.58. The van der Waals surface area contributed by atoms with Crippen LogP contribution in [0.25, 0.3) is 5.69 Å². The van der Waals surface area contributed by atoms with E-state index in [1.807, 2.05) is 61.5 Å². The average Bonchev–Trinajstić information content (AvgIpc) is 3.29. The van der Waals surface area contributed by atoms with E-state index < -0.39 is 0 Å². The Bertz CT molecular complexity index is 1290. The number of hydrogen-bond donors (Lipinski definition) is 1. The summed E-state index contributed by atoms with van der Waals surface area (Å²) in [6, 6.07) is 27.8. The van der Waals surface area contributed by atoms with Gasteiger partial charge in [0.2, 0.25) is 0 Å². The van der Waals surface area contributed by atoms with E-state index in [1.54, 1.807) is 7.11 Å². The number of urea groups is 1. The Morgan fingerprint density at radius 2 is 1.68 bits per heavy atom. The van der Waals surface area contributed by atoms with Crippen LogP contribution in [0.15, 0.2) is 91.1 Å². The summed E-state index contributed by atoms with van der Waals surface area (Å²) in [7, 11) is 5.68. The highest BCUT2D eigenvalue weighted by atomic mass is 16.5. The molecule has 5 rings (SSSR count). The first-order chi connectivity index (χ1) is 16.5. The molecule has 0 unspecified atom stereocenters. The van der Waals surface area contributed by atoms with Crippen LogP contribution in [0.2, 0.25) is 0 Å². The highest BCUT2D eigenvalue weighted by Gasteiger charge is 2.33. The van der Waals surface area contributed by atoms with E-state index in [1.165, 1.54) is 0 Å². The second-order valence-corrected chi connectivity index (χ2v) is 8.61. The molecule has 2 amide bonds. The predicted molar refractivity (Wildman–Crippen MR) is 136 cm³/mol. The maximum atomic E-state index is 13.7. The van der Waals surface area contributed by atoms with Crippen LogP contribution in [0.5, 0.6) is 5.75 Å². The first-order valence-corrected chi connectivity index (χ1v) is 11.3. The Hall–Kier alpha value is -4.19. The summed E-state index contributed by atoms with van der Waals surface area (Å²) in [4.78, 5) is 17.7.